The van der Waals surface area contributed by atoms with Crippen LogP contribution >= 0.6 is 0 Å². The molecule has 2 unspecified atom stereocenters. The monoisotopic (exact) mass is 154 g/mol. The van der Waals surface area contributed by atoms with Crippen LogP contribution < -0.4 is 0 Å². The van der Waals surface area contributed by atoms with Gasteiger partial charge in [-0.05, 0) is 6.42 Å². The van der Waals surface area contributed by atoms with E-state index in [0.29, 0.717) is 6.04 Å². The average molecular weight is 154 g/mol. The Bertz CT molecular complexity index is 181. The molecule has 2 aliphatic heterocycles. The van der Waals surface area contributed by atoms with E-state index in [-0.39, 0.29) is 5.91 Å². The van der Waals surface area contributed by atoms with Crippen molar-refractivity contribution in [3.8, 4) is 0 Å². The molecule has 0 aromatic rings. The third-order valence-corrected chi connectivity index (χ3v) is 2.75. The lowest BCUT2D eigenvalue weighted by Gasteiger charge is -2.33. The average Bonchev–Trinajstić information content (AvgIpc) is 2.32. The van der Waals surface area contributed by atoms with Gasteiger partial charge in [0.1, 0.15) is 0 Å². The van der Waals surface area contributed by atoms with Gasteiger partial charge in [0.2, 0.25) is 5.91 Å². The Balaban J connectivity index is 2.07. The van der Waals surface area contributed by atoms with E-state index in [2.05, 4.69) is 4.90 Å². The van der Waals surface area contributed by atoms with Crippen molar-refractivity contribution in [2.45, 2.75) is 19.4 Å². The summed E-state index contributed by atoms with van der Waals surface area (Å²) in [6, 6.07) is 0.529. The molecular formula is C8H14N2O. The number of carbonyl (C=O) groups is 1. The van der Waals surface area contributed by atoms with E-state index in [1.165, 1.54) is 13.0 Å². The molecule has 2 aliphatic rings. The highest BCUT2D eigenvalue weighted by Crippen LogP contribution is 2.19. The Kier molecular flexibility index (Phi) is 1.60. The third kappa shape index (κ3) is 1.13. The van der Waals surface area contributed by atoms with E-state index in [4.69, 9.17) is 0 Å². The number of hydrogen-bond donors (Lipinski definition) is 0. The summed E-state index contributed by atoms with van der Waals surface area (Å²) in [6.45, 7) is 6.00. The Morgan fingerprint density at radius 3 is 2.91 bits per heavy atom. The summed E-state index contributed by atoms with van der Waals surface area (Å²) in [5, 5.41) is 0. The van der Waals surface area contributed by atoms with Crippen molar-refractivity contribution < 1.29 is 4.79 Å². The number of nitrogens with zero attached hydrogens (tertiary/aromatic N) is 2. The second kappa shape index (κ2) is 2.48. The van der Waals surface area contributed by atoms with Crippen molar-refractivity contribution in [3.05, 3.63) is 0 Å². The topological polar surface area (TPSA) is 23.6 Å². The second-order valence-corrected chi connectivity index (χ2v) is 3.46. The summed E-state index contributed by atoms with van der Waals surface area (Å²) in [6.07, 6.45) is 1.18. The molecule has 0 saturated carbocycles. The van der Waals surface area contributed by atoms with E-state index in [1.807, 2.05) is 4.90 Å². The number of fused-ring (bicyclic) bond motifs is 2. The number of amides is 1. The lowest BCUT2D eigenvalue weighted by molar-refractivity contribution is -0.132. The van der Waals surface area contributed by atoms with Crippen LogP contribution in [0.1, 0.15) is 13.3 Å². The van der Waals surface area contributed by atoms with Gasteiger partial charge in [-0.2, -0.15) is 0 Å². The fraction of sp³-hybridized carbons (Fsp3) is 0.875. The van der Waals surface area contributed by atoms with Crippen LogP contribution in [0.3, 0.4) is 0 Å². The number of carbonyl (C=O) groups excluding carboxylic acids is 1. The lowest BCUT2D eigenvalue weighted by Crippen LogP contribution is -2.48. The molecule has 0 aromatic carbocycles. The first-order valence-electron chi connectivity index (χ1n) is 4.27. The fourth-order valence-corrected chi connectivity index (χ4v) is 2.12. The van der Waals surface area contributed by atoms with Gasteiger partial charge in [-0.1, -0.05) is 0 Å². The minimum Gasteiger partial charge on any atom is -0.337 e. The summed E-state index contributed by atoms with van der Waals surface area (Å²) < 4.78 is 0. The van der Waals surface area contributed by atoms with Crippen LogP contribution in [0.5, 0.6) is 0 Å². The molecule has 0 spiro atoms. The van der Waals surface area contributed by atoms with Gasteiger partial charge in [-0.3, -0.25) is 9.69 Å². The normalized spacial score (nSPS) is 35.9. The highest BCUT2D eigenvalue weighted by molar-refractivity contribution is 5.73. The molecule has 0 aliphatic carbocycles. The van der Waals surface area contributed by atoms with Crippen LogP contribution in [-0.2, 0) is 4.79 Å². The maximum absolute atomic E-state index is 11.1. The van der Waals surface area contributed by atoms with E-state index in [1.54, 1.807) is 6.92 Å². The minimum absolute atomic E-state index is 0.247. The molecule has 0 radical (unpaired) electrons. The molecule has 2 heterocycles. The van der Waals surface area contributed by atoms with E-state index >= 15 is 0 Å². The Labute approximate surface area is 67.0 Å². The lowest BCUT2D eigenvalue weighted by atomic mass is 10.2. The summed E-state index contributed by atoms with van der Waals surface area (Å²) in [4.78, 5) is 15.5. The SMILES string of the molecule is CC(=O)N1CCN2CCC1C2. The van der Waals surface area contributed by atoms with Crippen LogP contribution in [0.15, 0.2) is 0 Å². The smallest absolute Gasteiger partial charge is 0.219 e. The molecule has 2 fully saturated rings. The second-order valence-electron chi connectivity index (χ2n) is 3.46. The van der Waals surface area contributed by atoms with Crippen molar-refractivity contribution in [3.63, 3.8) is 0 Å². The number of hydrogen-bond acceptors (Lipinski definition) is 2. The summed E-state index contributed by atoms with van der Waals surface area (Å²) in [7, 11) is 0. The first-order valence-corrected chi connectivity index (χ1v) is 4.27. The third-order valence-electron chi connectivity index (χ3n) is 2.75. The standard InChI is InChI=1S/C8H14N2O/c1-7(11)10-5-4-9-3-2-8(10)6-9/h8H,2-6H2,1H3. The summed E-state index contributed by atoms with van der Waals surface area (Å²) in [5.41, 5.74) is 0. The largest absolute Gasteiger partial charge is 0.337 e. The maximum atomic E-state index is 11.1. The zero-order chi connectivity index (χ0) is 7.84. The van der Waals surface area contributed by atoms with Gasteiger partial charge in [-0.25, -0.2) is 0 Å². The van der Waals surface area contributed by atoms with Crippen LogP contribution in [0, 0.1) is 0 Å². The molecule has 62 valence electrons. The predicted molar refractivity (Wildman–Crippen MR) is 42.2 cm³/mol. The highest BCUT2D eigenvalue weighted by Gasteiger charge is 2.33. The molecular weight excluding hydrogens is 140 g/mol. The molecule has 0 aromatic heterocycles. The van der Waals surface area contributed by atoms with Gasteiger partial charge < -0.3 is 4.90 Å². The van der Waals surface area contributed by atoms with Crippen LogP contribution in [0.4, 0.5) is 0 Å². The molecule has 3 nitrogen and oxygen atoms in total. The van der Waals surface area contributed by atoms with Crippen LogP contribution in [-0.4, -0.2) is 47.9 Å². The van der Waals surface area contributed by atoms with Gasteiger partial charge in [-0.15, -0.1) is 0 Å². The maximum Gasteiger partial charge on any atom is 0.219 e. The van der Waals surface area contributed by atoms with Gasteiger partial charge in [0, 0.05) is 39.1 Å². The van der Waals surface area contributed by atoms with Crippen molar-refractivity contribution in [1.29, 1.82) is 0 Å². The molecule has 2 atom stereocenters. The van der Waals surface area contributed by atoms with Gasteiger partial charge >= 0.3 is 0 Å². The quantitative estimate of drug-likeness (QED) is 0.487. The van der Waals surface area contributed by atoms with Gasteiger partial charge in [0.25, 0.3) is 0 Å². The highest BCUT2D eigenvalue weighted by atomic mass is 16.2. The summed E-state index contributed by atoms with van der Waals surface area (Å²) in [5.74, 6) is 0.247. The van der Waals surface area contributed by atoms with E-state index in [9.17, 15) is 4.79 Å². The van der Waals surface area contributed by atoms with Gasteiger partial charge in [0.15, 0.2) is 0 Å². The number of piperazine rings is 1. The number of rotatable bonds is 0. The zero-order valence-corrected chi connectivity index (χ0v) is 6.92. The molecule has 1 amide bonds. The fourth-order valence-electron chi connectivity index (χ4n) is 2.12. The van der Waals surface area contributed by atoms with Crippen molar-refractivity contribution in [2.24, 2.45) is 0 Å². The molecule has 11 heavy (non-hydrogen) atoms. The van der Waals surface area contributed by atoms with Crippen LogP contribution in [0.25, 0.3) is 0 Å². The minimum atomic E-state index is 0.247. The Morgan fingerprint density at radius 1 is 1.36 bits per heavy atom. The first kappa shape index (κ1) is 7.10. The molecule has 2 saturated heterocycles. The first-order chi connectivity index (χ1) is 5.27. The van der Waals surface area contributed by atoms with Crippen LogP contribution in [0.2, 0.25) is 0 Å². The molecule has 0 N–H and O–H groups in total. The van der Waals surface area contributed by atoms with E-state index < -0.39 is 0 Å². The van der Waals surface area contributed by atoms with Gasteiger partial charge in [0.05, 0.1) is 0 Å². The zero-order valence-electron chi connectivity index (χ0n) is 6.92. The Morgan fingerprint density at radius 2 is 2.18 bits per heavy atom. The van der Waals surface area contributed by atoms with E-state index in [0.717, 1.165) is 19.6 Å². The summed E-state index contributed by atoms with van der Waals surface area (Å²) >= 11 is 0. The molecule has 3 heteroatoms. The molecule has 2 bridgehead atoms. The van der Waals surface area contributed by atoms with Crippen molar-refractivity contribution >= 4 is 5.91 Å². The Hall–Kier alpha value is -0.570. The molecule has 2 rings (SSSR count). The van der Waals surface area contributed by atoms with Crippen molar-refractivity contribution in [2.75, 3.05) is 26.2 Å². The predicted octanol–water partition coefficient (Wildman–Crippen LogP) is -0.0772. The van der Waals surface area contributed by atoms with Crippen molar-refractivity contribution in [1.82, 2.24) is 9.80 Å².